The number of esters is 1. The Morgan fingerprint density at radius 2 is 1.60 bits per heavy atom. The largest absolute Gasteiger partial charge is 0.464 e. The van der Waals surface area contributed by atoms with Crippen molar-refractivity contribution >= 4 is 38.1 Å². The van der Waals surface area contributed by atoms with Crippen molar-refractivity contribution in [3.8, 4) is 11.1 Å². The van der Waals surface area contributed by atoms with Crippen LogP contribution < -0.4 is 0 Å². The minimum atomic E-state index is -4.12. The highest BCUT2D eigenvalue weighted by atomic mass is 32.2. The molecule has 0 radical (unpaired) electrons. The SMILES string of the molecule is CCc1nc2c(C)cc(C)nc2n1Cc1ccc(-c2c(C(=O)OC)n(S(=O)(=O)c3ccccc3)c3ccccc23)cc1. The Morgan fingerprint density at radius 3 is 2.29 bits per heavy atom. The number of methoxy groups -OCH3 is 1. The van der Waals surface area contributed by atoms with Crippen LogP contribution >= 0.6 is 0 Å². The van der Waals surface area contributed by atoms with E-state index in [2.05, 4.69) is 18.4 Å². The Labute approximate surface area is 244 Å². The number of carbonyl (C=O) groups excluding carboxylic acids is 1. The highest BCUT2D eigenvalue weighted by Crippen LogP contribution is 2.38. The summed E-state index contributed by atoms with van der Waals surface area (Å²) in [6.07, 6.45) is 0.769. The van der Waals surface area contributed by atoms with E-state index in [0.717, 1.165) is 44.2 Å². The van der Waals surface area contributed by atoms with Crippen molar-refractivity contribution in [1.29, 1.82) is 0 Å². The molecule has 0 atom stereocenters. The van der Waals surface area contributed by atoms with E-state index in [1.807, 2.05) is 49.4 Å². The number of imidazole rings is 1. The lowest BCUT2D eigenvalue weighted by atomic mass is 10.0. The van der Waals surface area contributed by atoms with Crippen LogP contribution in [0, 0.1) is 13.8 Å². The molecule has 0 N–H and O–H groups in total. The van der Waals surface area contributed by atoms with Crippen molar-refractivity contribution in [3.63, 3.8) is 0 Å². The zero-order valence-electron chi connectivity index (χ0n) is 23.8. The number of hydrogen-bond donors (Lipinski definition) is 0. The molecule has 0 aliphatic carbocycles. The molecular weight excluding hydrogens is 548 g/mol. The molecule has 0 fully saturated rings. The van der Waals surface area contributed by atoms with Crippen molar-refractivity contribution in [1.82, 2.24) is 18.5 Å². The van der Waals surface area contributed by atoms with Gasteiger partial charge in [0.25, 0.3) is 10.0 Å². The molecule has 3 aromatic heterocycles. The molecule has 9 heteroatoms. The van der Waals surface area contributed by atoms with Gasteiger partial charge in [-0.3, -0.25) is 0 Å². The first-order valence-corrected chi connectivity index (χ1v) is 15.1. The third-order valence-electron chi connectivity index (χ3n) is 7.49. The summed E-state index contributed by atoms with van der Waals surface area (Å²) in [5.74, 6) is 0.219. The first kappa shape index (κ1) is 27.4. The third kappa shape index (κ3) is 4.46. The summed E-state index contributed by atoms with van der Waals surface area (Å²) in [6, 6.07) is 25.0. The van der Waals surface area contributed by atoms with E-state index < -0.39 is 16.0 Å². The lowest BCUT2D eigenvalue weighted by Crippen LogP contribution is -2.19. The maximum atomic E-state index is 13.9. The van der Waals surface area contributed by atoms with Gasteiger partial charge in [-0.05, 0) is 54.8 Å². The molecule has 212 valence electrons. The third-order valence-corrected chi connectivity index (χ3v) is 9.22. The summed E-state index contributed by atoms with van der Waals surface area (Å²) in [4.78, 5) is 23.0. The Kier molecular flexibility index (Phi) is 6.90. The Balaban J connectivity index is 1.50. The van der Waals surface area contributed by atoms with Crippen LogP contribution in [0.25, 0.3) is 33.2 Å². The second kappa shape index (κ2) is 10.6. The van der Waals surface area contributed by atoms with Crippen molar-refractivity contribution in [2.45, 2.75) is 38.6 Å². The van der Waals surface area contributed by atoms with E-state index >= 15 is 0 Å². The van der Waals surface area contributed by atoms with Crippen molar-refractivity contribution in [2.75, 3.05) is 7.11 Å². The number of pyridine rings is 1. The first-order valence-electron chi connectivity index (χ1n) is 13.7. The molecule has 8 nitrogen and oxygen atoms in total. The van der Waals surface area contributed by atoms with Gasteiger partial charge in [0.05, 0.1) is 24.1 Å². The second-order valence-electron chi connectivity index (χ2n) is 10.2. The Morgan fingerprint density at radius 1 is 0.905 bits per heavy atom. The average Bonchev–Trinajstić information content (AvgIpc) is 3.54. The summed E-state index contributed by atoms with van der Waals surface area (Å²) < 4.78 is 36.2. The molecule has 0 unspecified atom stereocenters. The van der Waals surface area contributed by atoms with E-state index in [1.165, 1.54) is 19.2 Å². The number of rotatable bonds is 7. The first-order chi connectivity index (χ1) is 20.2. The number of aryl methyl sites for hydroxylation is 3. The van der Waals surface area contributed by atoms with Gasteiger partial charge in [-0.15, -0.1) is 0 Å². The van der Waals surface area contributed by atoms with Crippen LogP contribution in [0.2, 0.25) is 0 Å². The summed E-state index contributed by atoms with van der Waals surface area (Å²) in [5, 5.41) is 0.633. The normalized spacial score (nSPS) is 11.8. The Bertz CT molecular complexity index is 2080. The molecule has 0 amide bonds. The van der Waals surface area contributed by atoms with Crippen molar-refractivity contribution in [3.05, 3.63) is 113 Å². The lowest BCUT2D eigenvalue weighted by molar-refractivity contribution is 0.0594. The molecule has 0 saturated carbocycles. The number of benzene rings is 3. The quantitative estimate of drug-likeness (QED) is 0.206. The highest BCUT2D eigenvalue weighted by molar-refractivity contribution is 7.90. The fourth-order valence-electron chi connectivity index (χ4n) is 5.58. The molecule has 42 heavy (non-hydrogen) atoms. The molecule has 6 aromatic rings. The van der Waals surface area contributed by atoms with Gasteiger partial charge in [-0.25, -0.2) is 27.2 Å². The van der Waals surface area contributed by atoms with E-state index in [1.54, 1.807) is 30.3 Å². The minimum Gasteiger partial charge on any atom is -0.464 e. The average molecular weight is 579 g/mol. The van der Waals surface area contributed by atoms with Crippen LogP contribution in [0.1, 0.15) is 40.1 Å². The molecule has 0 bridgehead atoms. The number of hydrogen-bond acceptors (Lipinski definition) is 6. The van der Waals surface area contributed by atoms with Crippen LogP contribution in [0.3, 0.4) is 0 Å². The van der Waals surface area contributed by atoms with Gasteiger partial charge in [-0.1, -0.05) is 67.6 Å². The van der Waals surface area contributed by atoms with Crippen LogP contribution in [-0.4, -0.2) is 40.0 Å². The number of fused-ring (bicyclic) bond motifs is 2. The van der Waals surface area contributed by atoms with Gasteiger partial charge < -0.3 is 9.30 Å². The van der Waals surface area contributed by atoms with Gasteiger partial charge in [0.15, 0.2) is 11.3 Å². The maximum absolute atomic E-state index is 13.9. The summed E-state index contributed by atoms with van der Waals surface area (Å²) >= 11 is 0. The van der Waals surface area contributed by atoms with Crippen LogP contribution in [0.5, 0.6) is 0 Å². The molecule has 0 aliphatic heterocycles. The molecule has 0 saturated heterocycles. The smallest absolute Gasteiger partial charge is 0.356 e. The maximum Gasteiger partial charge on any atom is 0.356 e. The summed E-state index contributed by atoms with van der Waals surface area (Å²) in [5.41, 5.74) is 6.38. The Hall–Kier alpha value is -4.76. The number of nitrogens with zero attached hydrogens (tertiary/aromatic N) is 4. The van der Waals surface area contributed by atoms with E-state index in [4.69, 9.17) is 14.7 Å². The lowest BCUT2D eigenvalue weighted by Gasteiger charge is -2.12. The number of ether oxygens (including phenoxy) is 1. The molecule has 3 aromatic carbocycles. The van der Waals surface area contributed by atoms with Crippen LogP contribution in [0.4, 0.5) is 0 Å². The summed E-state index contributed by atoms with van der Waals surface area (Å²) in [7, 11) is -2.86. The fourth-order valence-corrected chi connectivity index (χ4v) is 7.11. The second-order valence-corrected chi connectivity index (χ2v) is 12.0. The zero-order chi connectivity index (χ0) is 29.6. The number of carbonyl (C=O) groups is 1. The standard InChI is InChI=1S/C33H30N4O4S/c1-5-28-35-30-21(2)19-22(3)34-32(30)36(28)20-23-15-17-24(18-16-23)29-26-13-9-10-14-27(26)37(31(29)33(38)41-4)42(39,40)25-11-7-6-8-12-25/h6-19H,5,20H2,1-4H3. The van der Waals surface area contributed by atoms with Crippen molar-refractivity contribution < 1.29 is 17.9 Å². The van der Waals surface area contributed by atoms with E-state index in [0.29, 0.717) is 28.6 Å². The van der Waals surface area contributed by atoms with E-state index in [9.17, 15) is 13.2 Å². The van der Waals surface area contributed by atoms with E-state index in [-0.39, 0.29) is 10.6 Å². The van der Waals surface area contributed by atoms with Gasteiger partial charge in [-0.2, -0.15) is 0 Å². The highest BCUT2D eigenvalue weighted by Gasteiger charge is 2.31. The van der Waals surface area contributed by atoms with Gasteiger partial charge in [0.2, 0.25) is 0 Å². The topological polar surface area (TPSA) is 96.1 Å². The number of aromatic nitrogens is 4. The monoisotopic (exact) mass is 578 g/mol. The predicted octanol–water partition coefficient (Wildman–Crippen LogP) is 6.30. The van der Waals surface area contributed by atoms with Crippen LogP contribution in [-0.2, 0) is 27.7 Å². The molecule has 3 heterocycles. The van der Waals surface area contributed by atoms with Gasteiger partial charge in [0, 0.05) is 23.1 Å². The van der Waals surface area contributed by atoms with Gasteiger partial charge >= 0.3 is 5.97 Å². The molecular formula is C33H30N4O4S. The summed E-state index contributed by atoms with van der Waals surface area (Å²) in [6.45, 7) is 6.69. The fraction of sp³-hybridized carbons (Fsp3) is 0.182. The minimum absolute atomic E-state index is 0.0423. The zero-order valence-corrected chi connectivity index (χ0v) is 24.6. The number of para-hydroxylation sites is 1. The molecule has 0 aliphatic rings. The molecule has 0 spiro atoms. The predicted molar refractivity (Wildman–Crippen MR) is 163 cm³/mol. The van der Waals surface area contributed by atoms with Crippen LogP contribution in [0.15, 0.2) is 89.8 Å². The van der Waals surface area contributed by atoms with Crippen molar-refractivity contribution in [2.24, 2.45) is 0 Å². The molecule has 6 rings (SSSR count). The van der Waals surface area contributed by atoms with Gasteiger partial charge in [0.1, 0.15) is 11.3 Å².